The van der Waals surface area contributed by atoms with Gasteiger partial charge < -0.3 is 24.7 Å². The van der Waals surface area contributed by atoms with E-state index < -0.39 is 50.0 Å². The van der Waals surface area contributed by atoms with Gasteiger partial charge in [0.2, 0.25) is 0 Å². The highest BCUT2D eigenvalue weighted by Gasteiger charge is 2.60. The van der Waals surface area contributed by atoms with E-state index in [-0.39, 0.29) is 0 Å². The molecule has 0 N–H and O–H groups in total. The lowest BCUT2D eigenvalue weighted by Crippen LogP contribution is -2.67. The van der Waals surface area contributed by atoms with Gasteiger partial charge in [0.05, 0.1) is 0 Å². The van der Waals surface area contributed by atoms with Crippen LogP contribution in [-0.4, -0.2) is 50.0 Å². The van der Waals surface area contributed by atoms with E-state index in [1.54, 1.807) is 0 Å². The average Bonchev–Trinajstić information content (AvgIpc) is 2.86. The Morgan fingerprint density at radius 1 is 0.324 bits per heavy atom. The van der Waals surface area contributed by atoms with Crippen molar-refractivity contribution in [1.82, 2.24) is 0 Å². The Labute approximate surface area is 225 Å². The molecule has 1 rings (SSSR count). The predicted octanol–water partition coefficient (Wildman–Crippen LogP) is 8.42. The fraction of sp³-hybridized carbons (Fsp3) is 1.00. The van der Waals surface area contributed by atoms with Gasteiger partial charge in [0, 0.05) is 12.1 Å². The van der Waals surface area contributed by atoms with Gasteiger partial charge in [-0.15, -0.1) is 22.2 Å². The maximum atomic E-state index is 7.32. The van der Waals surface area contributed by atoms with Gasteiger partial charge in [-0.3, -0.25) is 0 Å². The first-order valence-corrected chi connectivity index (χ1v) is 28.4. The smallest absolute Gasteiger partial charge is 0.415 e. The lowest BCUT2D eigenvalue weighted by atomic mass is 10.9. The van der Waals surface area contributed by atoms with Crippen LogP contribution in [0.1, 0.15) is 69.2 Å². The standard InChI is InChI=1S/C20H50Cl2O6Si6/c1-11-29(12-2)23-30(13-3,14-4)26-34(22,20-10)28-32(17-7,18-8)24-31(15-5,16-6)27-33(21,19-9)25-29/h11-20H2,1-10H3. The maximum absolute atomic E-state index is 7.32. The second-order valence-electron chi connectivity index (χ2n) is 9.11. The van der Waals surface area contributed by atoms with E-state index in [4.69, 9.17) is 46.8 Å². The summed E-state index contributed by atoms with van der Waals surface area (Å²) >= 11 is 14.6. The summed E-state index contributed by atoms with van der Waals surface area (Å²) in [5.41, 5.74) is 0. The third kappa shape index (κ3) is 7.83. The summed E-state index contributed by atoms with van der Waals surface area (Å²) < 4.78 is 42.1. The molecular weight excluding hydrogens is 576 g/mol. The molecule has 0 spiro atoms. The van der Waals surface area contributed by atoms with Crippen LogP contribution in [0, 0.1) is 0 Å². The molecule has 0 unspecified atom stereocenters. The topological polar surface area (TPSA) is 55.4 Å². The Hall–Kier alpha value is 1.64. The molecule has 0 saturated carbocycles. The van der Waals surface area contributed by atoms with Crippen LogP contribution in [0.25, 0.3) is 0 Å². The molecular formula is C20H50Cl2O6Si6. The van der Waals surface area contributed by atoms with Gasteiger partial charge in [-0.2, -0.15) is 0 Å². The molecule has 204 valence electrons. The Kier molecular flexibility index (Phi) is 13.5. The molecule has 0 amide bonds. The van der Waals surface area contributed by atoms with Crippen LogP contribution < -0.4 is 0 Å². The van der Waals surface area contributed by atoms with Crippen LogP contribution in [0.4, 0.5) is 0 Å². The summed E-state index contributed by atoms with van der Waals surface area (Å²) in [5, 5.41) is 0. The van der Waals surface area contributed by atoms with Crippen molar-refractivity contribution in [3.63, 3.8) is 0 Å². The zero-order valence-electron chi connectivity index (χ0n) is 23.3. The molecule has 0 aromatic rings. The van der Waals surface area contributed by atoms with Crippen molar-refractivity contribution in [3.05, 3.63) is 0 Å². The largest absolute Gasteiger partial charge is 0.425 e. The molecule has 0 aromatic carbocycles. The highest BCUT2D eigenvalue weighted by atomic mass is 35.6. The fourth-order valence-corrected chi connectivity index (χ4v) is 40.5. The van der Waals surface area contributed by atoms with Gasteiger partial charge in [-0.1, -0.05) is 69.2 Å². The van der Waals surface area contributed by atoms with Crippen LogP contribution in [0.5, 0.6) is 0 Å². The van der Waals surface area contributed by atoms with E-state index >= 15 is 0 Å². The summed E-state index contributed by atoms with van der Waals surface area (Å²) in [6, 6.07) is 7.54. The van der Waals surface area contributed by atoms with E-state index in [0.29, 0.717) is 12.1 Å². The fourth-order valence-electron chi connectivity index (χ4n) is 4.36. The molecule has 0 aliphatic carbocycles. The molecule has 1 fully saturated rings. The van der Waals surface area contributed by atoms with Gasteiger partial charge in [-0.25, -0.2) is 0 Å². The minimum atomic E-state index is -3.10. The molecule has 34 heavy (non-hydrogen) atoms. The minimum Gasteiger partial charge on any atom is -0.415 e. The Balaban J connectivity index is 3.85. The lowest BCUT2D eigenvalue weighted by Gasteiger charge is -2.50. The number of rotatable bonds is 10. The van der Waals surface area contributed by atoms with Gasteiger partial charge in [0.15, 0.2) is 0 Å². The van der Waals surface area contributed by atoms with Gasteiger partial charge in [-0.05, 0) is 48.4 Å². The van der Waals surface area contributed by atoms with Crippen molar-refractivity contribution in [2.75, 3.05) is 0 Å². The SMILES string of the molecule is CC[Si]1(Cl)O[Si](CC)(CC)O[Si](CC)(CC)O[Si](Cl)(CC)O[Si](CC)(CC)O[Si](CC)(CC)O1. The molecule has 0 radical (unpaired) electrons. The van der Waals surface area contributed by atoms with E-state index in [1.807, 2.05) is 0 Å². The van der Waals surface area contributed by atoms with Gasteiger partial charge in [0.1, 0.15) is 0 Å². The van der Waals surface area contributed by atoms with Crippen LogP contribution >= 0.6 is 22.2 Å². The molecule has 1 aliphatic rings. The van der Waals surface area contributed by atoms with Gasteiger partial charge in [0.25, 0.3) is 0 Å². The Morgan fingerprint density at radius 2 is 0.500 bits per heavy atom. The monoisotopic (exact) mass is 624 g/mol. The minimum absolute atomic E-state index is 0.634. The van der Waals surface area contributed by atoms with Crippen LogP contribution in [0.3, 0.4) is 0 Å². The first-order chi connectivity index (χ1) is 15.8. The van der Waals surface area contributed by atoms with Crippen LogP contribution in [0.15, 0.2) is 0 Å². The van der Waals surface area contributed by atoms with Gasteiger partial charge >= 0.3 is 50.0 Å². The van der Waals surface area contributed by atoms with E-state index in [1.165, 1.54) is 0 Å². The Morgan fingerprint density at radius 3 is 0.618 bits per heavy atom. The van der Waals surface area contributed by atoms with Crippen LogP contribution in [0.2, 0.25) is 60.4 Å². The summed E-state index contributed by atoms with van der Waals surface area (Å²) in [4.78, 5) is 0. The summed E-state index contributed by atoms with van der Waals surface area (Å²) in [6.45, 7) is 21.3. The zero-order valence-corrected chi connectivity index (χ0v) is 30.8. The molecule has 0 atom stereocenters. The van der Waals surface area contributed by atoms with Crippen molar-refractivity contribution < 1.29 is 24.7 Å². The second-order valence-corrected chi connectivity index (χ2v) is 34.5. The summed E-state index contributed by atoms with van der Waals surface area (Å²) in [7, 11) is -17.1. The highest BCUT2D eigenvalue weighted by molar-refractivity contribution is 7.19. The number of hydrogen-bond acceptors (Lipinski definition) is 6. The number of halogens is 2. The predicted molar refractivity (Wildman–Crippen MR) is 158 cm³/mol. The summed E-state index contributed by atoms with van der Waals surface area (Å²) in [5.74, 6) is 0. The lowest BCUT2D eigenvalue weighted by molar-refractivity contribution is 0.227. The molecule has 1 saturated heterocycles. The third-order valence-electron chi connectivity index (χ3n) is 7.25. The first-order valence-electron chi connectivity index (χ1n) is 13.4. The van der Waals surface area contributed by atoms with Crippen molar-refractivity contribution in [1.29, 1.82) is 0 Å². The van der Waals surface area contributed by atoms with Crippen molar-refractivity contribution in [2.24, 2.45) is 0 Å². The van der Waals surface area contributed by atoms with Crippen LogP contribution in [-0.2, 0) is 24.7 Å². The second kappa shape index (κ2) is 13.6. The van der Waals surface area contributed by atoms with E-state index in [0.717, 1.165) is 48.4 Å². The van der Waals surface area contributed by atoms with Crippen molar-refractivity contribution in [2.45, 2.75) is 130 Å². The van der Waals surface area contributed by atoms with E-state index in [9.17, 15) is 0 Å². The maximum Gasteiger partial charge on any atom is 0.425 e. The number of hydrogen-bond donors (Lipinski definition) is 0. The third-order valence-corrected chi connectivity index (χ3v) is 38.7. The molecule has 0 bridgehead atoms. The molecule has 1 aliphatic heterocycles. The normalized spacial score (nSPS) is 31.4. The molecule has 14 heteroatoms. The molecule has 6 nitrogen and oxygen atoms in total. The molecule has 0 aromatic heterocycles. The average molecular weight is 626 g/mol. The first kappa shape index (κ1) is 33.7. The van der Waals surface area contributed by atoms with Crippen molar-refractivity contribution >= 4 is 72.1 Å². The molecule has 1 heterocycles. The van der Waals surface area contributed by atoms with Crippen molar-refractivity contribution in [3.8, 4) is 0 Å². The zero-order chi connectivity index (χ0) is 26.3. The Bertz CT molecular complexity index is 526. The highest BCUT2D eigenvalue weighted by Crippen LogP contribution is 2.42. The summed E-state index contributed by atoms with van der Waals surface area (Å²) in [6.07, 6.45) is 0. The quantitative estimate of drug-likeness (QED) is 0.179. The van der Waals surface area contributed by atoms with E-state index in [2.05, 4.69) is 69.2 Å².